The second-order valence-electron chi connectivity index (χ2n) is 6.51. The van der Waals surface area contributed by atoms with Crippen molar-refractivity contribution in [3.63, 3.8) is 0 Å². The summed E-state index contributed by atoms with van der Waals surface area (Å²) in [5, 5.41) is 6.88. The van der Waals surface area contributed by atoms with Crippen LogP contribution >= 0.6 is 12.2 Å². The monoisotopic (exact) mass is 326 g/mol. The zero-order valence-corrected chi connectivity index (χ0v) is 14.8. The van der Waals surface area contributed by atoms with E-state index in [9.17, 15) is 4.79 Å². The van der Waals surface area contributed by atoms with Crippen LogP contribution in [-0.4, -0.2) is 10.9 Å². The lowest BCUT2D eigenvalue weighted by Crippen LogP contribution is -2.22. The molecule has 120 valence electrons. The third-order valence-corrected chi connectivity index (χ3v) is 3.71. The molecule has 0 saturated carbocycles. The maximum Gasteiger partial charge on any atom is 0.175 e. The Kier molecular flexibility index (Phi) is 5.16. The first-order valence-corrected chi connectivity index (χ1v) is 7.97. The van der Waals surface area contributed by atoms with Crippen LogP contribution in [0.15, 0.2) is 48.5 Å². The number of hydrogen-bond donors (Lipinski definition) is 2. The minimum absolute atomic E-state index is 0.0216. The van der Waals surface area contributed by atoms with Gasteiger partial charge in [0.25, 0.3) is 0 Å². The lowest BCUT2D eigenvalue weighted by Gasteiger charge is -2.23. The number of nitrogens with one attached hydrogen (secondary N) is 2. The van der Waals surface area contributed by atoms with Gasteiger partial charge in [-0.15, -0.1) is 0 Å². The molecule has 0 heterocycles. The van der Waals surface area contributed by atoms with E-state index < -0.39 is 0 Å². The van der Waals surface area contributed by atoms with Crippen LogP contribution in [0, 0.1) is 0 Å². The van der Waals surface area contributed by atoms with Gasteiger partial charge in [0.2, 0.25) is 0 Å². The van der Waals surface area contributed by atoms with E-state index in [0.717, 1.165) is 11.4 Å². The molecule has 0 spiro atoms. The number of carbonyl (C=O) groups excluding carboxylic acids is 1. The summed E-state index contributed by atoms with van der Waals surface area (Å²) < 4.78 is 0. The van der Waals surface area contributed by atoms with Gasteiger partial charge in [0.15, 0.2) is 10.9 Å². The van der Waals surface area contributed by atoms with Crippen LogP contribution in [0.25, 0.3) is 0 Å². The largest absolute Gasteiger partial charge is 0.332 e. The van der Waals surface area contributed by atoms with Crippen molar-refractivity contribution in [3.05, 3.63) is 59.7 Å². The van der Waals surface area contributed by atoms with Crippen molar-refractivity contribution in [1.82, 2.24) is 0 Å². The quantitative estimate of drug-likeness (QED) is 0.615. The molecular weight excluding hydrogens is 304 g/mol. The van der Waals surface area contributed by atoms with Crippen molar-refractivity contribution in [3.8, 4) is 0 Å². The molecule has 0 aliphatic rings. The van der Waals surface area contributed by atoms with Crippen molar-refractivity contribution in [1.29, 1.82) is 0 Å². The summed E-state index contributed by atoms with van der Waals surface area (Å²) in [4.78, 5) is 11.5. The smallest absolute Gasteiger partial charge is 0.175 e. The number of ketones is 1. The van der Waals surface area contributed by atoms with Gasteiger partial charge in [-0.1, -0.05) is 51.1 Å². The summed E-state index contributed by atoms with van der Waals surface area (Å²) in [7, 11) is 0. The van der Waals surface area contributed by atoms with E-state index in [2.05, 4.69) is 37.5 Å². The predicted molar refractivity (Wildman–Crippen MR) is 101 cm³/mol. The summed E-state index contributed by atoms with van der Waals surface area (Å²) >= 11 is 5.40. The van der Waals surface area contributed by atoms with E-state index in [1.807, 2.05) is 30.3 Å². The fourth-order valence-electron chi connectivity index (χ4n) is 2.35. The minimum Gasteiger partial charge on any atom is -0.332 e. The van der Waals surface area contributed by atoms with Crippen LogP contribution in [0.2, 0.25) is 0 Å². The Balaban J connectivity index is 2.15. The molecule has 0 fully saturated rings. The topological polar surface area (TPSA) is 41.1 Å². The molecule has 2 rings (SSSR count). The van der Waals surface area contributed by atoms with Crippen LogP contribution in [0.4, 0.5) is 11.4 Å². The number of hydrogen-bond acceptors (Lipinski definition) is 2. The molecule has 0 amide bonds. The highest BCUT2D eigenvalue weighted by Gasteiger charge is 2.17. The second kappa shape index (κ2) is 6.92. The average Bonchev–Trinajstić information content (AvgIpc) is 2.46. The Labute approximate surface area is 143 Å². The van der Waals surface area contributed by atoms with Crippen molar-refractivity contribution in [2.24, 2.45) is 0 Å². The minimum atomic E-state index is 0.0216. The standard InChI is InChI=1S/C19H22N2OS/c1-13(22)14-8-7-9-15(12-14)20-18(23)21-17-11-6-5-10-16(17)19(2,3)4/h5-12H,1-4H3,(H2,20,21,23). The van der Waals surface area contributed by atoms with Gasteiger partial charge in [0.1, 0.15) is 0 Å². The van der Waals surface area contributed by atoms with Crippen molar-refractivity contribution >= 4 is 34.5 Å². The fourth-order valence-corrected chi connectivity index (χ4v) is 2.57. The summed E-state index contributed by atoms with van der Waals surface area (Å²) in [6.07, 6.45) is 0. The number of rotatable bonds is 3. The maximum absolute atomic E-state index is 11.5. The van der Waals surface area contributed by atoms with Gasteiger partial charge in [-0.3, -0.25) is 4.79 Å². The maximum atomic E-state index is 11.5. The van der Waals surface area contributed by atoms with Crippen LogP contribution in [0.1, 0.15) is 43.6 Å². The molecule has 0 unspecified atom stereocenters. The Morgan fingerprint density at radius 2 is 1.70 bits per heavy atom. The molecule has 0 atom stereocenters. The number of benzene rings is 2. The zero-order valence-electron chi connectivity index (χ0n) is 13.9. The first-order valence-electron chi connectivity index (χ1n) is 7.56. The van der Waals surface area contributed by atoms with E-state index in [0.29, 0.717) is 10.7 Å². The molecule has 2 aromatic carbocycles. The van der Waals surface area contributed by atoms with E-state index >= 15 is 0 Å². The summed E-state index contributed by atoms with van der Waals surface area (Å²) in [6, 6.07) is 15.4. The van der Waals surface area contributed by atoms with Gasteiger partial charge >= 0.3 is 0 Å². The molecule has 0 saturated heterocycles. The molecule has 3 nitrogen and oxygen atoms in total. The molecule has 0 aliphatic carbocycles. The molecule has 0 radical (unpaired) electrons. The lowest BCUT2D eigenvalue weighted by molar-refractivity contribution is 0.101. The first-order chi connectivity index (χ1) is 10.8. The summed E-state index contributed by atoms with van der Waals surface area (Å²) in [5.74, 6) is 0.0330. The van der Waals surface area contributed by atoms with Crippen LogP contribution < -0.4 is 10.6 Å². The molecule has 0 aromatic heterocycles. The van der Waals surface area contributed by atoms with Gasteiger partial charge < -0.3 is 10.6 Å². The number of anilines is 2. The van der Waals surface area contributed by atoms with Gasteiger partial charge in [-0.2, -0.15) is 0 Å². The molecule has 0 bridgehead atoms. The third-order valence-electron chi connectivity index (χ3n) is 3.51. The molecule has 4 heteroatoms. The van der Waals surface area contributed by atoms with E-state index in [-0.39, 0.29) is 11.2 Å². The summed E-state index contributed by atoms with van der Waals surface area (Å²) in [6.45, 7) is 8.05. The number of para-hydroxylation sites is 1. The predicted octanol–water partition coefficient (Wildman–Crippen LogP) is 5.00. The van der Waals surface area contributed by atoms with Crippen LogP contribution in [0.3, 0.4) is 0 Å². The number of carbonyl (C=O) groups is 1. The molecule has 23 heavy (non-hydrogen) atoms. The zero-order chi connectivity index (χ0) is 17.0. The van der Waals surface area contributed by atoms with E-state index in [4.69, 9.17) is 12.2 Å². The number of thiocarbonyl (C=S) groups is 1. The first kappa shape index (κ1) is 17.2. The Morgan fingerprint density at radius 1 is 1.00 bits per heavy atom. The molecule has 2 aromatic rings. The van der Waals surface area contributed by atoms with Gasteiger partial charge in [0, 0.05) is 16.9 Å². The normalized spacial score (nSPS) is 11.0. The average molecular weight is 326 g/mol. The SMILES string of the molecule is CC(=O)c1cccc(NC(=S)Nc2ccccc2C(C)(C)C)c1. The highest BCUT2D eigenvalue weighted by molar-refractivity contribution is 7.80. The van der Waals surface area contributed by atoms with Crippen molar-refractivity contribution in [2.75, 3.05) is 10.6 Å². The van der Waals surface area contributed by atoms with Crippen molar-refractivity contribution < 1.29 is 4.79 Å². The van der Waals surface area contributed by atoms with E-state index in [1.165, 1.54) is 5.56 Å². The highest BCUT2D eigenvalue weighted by Crippen LogP contribution is 2.29. The van der Waals surface area contributed by atoms with Crippen LogP contribution in [0.5, 0.6) is 0 Å². The second-order valence-corrected chi connectivity index (χ2v) is 6.92. The van der Waals surface area contributed by atoms with Crippen LogP contribution in [-0.2, 0) is 5.41 Å². The lowest BCUT2D eigenvalue weighted by atomic mass is 9.86. The Morgan fingerprint density at radius 3 is 2.35 bits per heavy atom. The highest BCUT2D eigenvalue weighted by atomic mass is 32.1. The molecule has 0 aliphatic heterocycles. The third kappa shape index (κ3) is 4.63. The Bertz CT molecular complexity index is 732. The van der Waals surface area contributed by atoms with Gasteiger partial charge in [-0.25, -0.2) is 0 Å². The fraction of sp³-hybridized carbons (Fsp3) is 0.263. The number of Topliss-reactive ketones (excluding diaryl/α,β-unsaturated/α-hetero) is 1. The van der Waals surface area contributed by atoms with Gasteiger partial charge in [0.05, 0.1) is 0 Å². The van der Waals surface area contributed by atoms with Crippen molar-refractivity contribution in [2.45, 2.75) is 33.1 Å². The Hall–Kier alpha value is -2.20. The molecule has 2 N–H and O–H groups in total. The van der Waals surface area contributed by atoms with Gasteiger partial charge in [-0.05, 0) is 48.3 Å². The van der Waals surface area contributed by atoms with E-state index in [1.54, 1.807) is 19.1 Å². The summed E-state index contributed by atoms with van der Waals surface area (Å²) in [5.41, 5.74) is 3.66. The molecular formula is C19H22N2OS.